The summed E-state index contributed by atoms with van der Waals surface area (Å²) in [5, 5.41) is 8.56. The maximum Gasteiger partial charge on any atom is 0.198 e. The molecule has 3 heteroatoms. The third-order valence-corrected chi connectivity index (χ3v) is 1.86. The molecule has 1 heterocycles. The first-order valence-corrected chi connectivity index (χ1v) is 3.23. The molecule has 0 saturated heterocycles. The third kappa shape index (κ3) is 0.820. The van der Waals surface area contributed by atoms with Gasteiger partial charge in [-0.05, 0) is 6.92 Å². The van der Waals surface area contributed by atoms with E-state index in [9.17, 15) is 0 Å². The Bertz CT molecular complexity index is 214. The van der Waals surface area contributed by atoms with Gasteiger partial charge in [-0.1, -0.05) is 6.92 Å². The lowest BCUT2D eigenvalue weighted by Crippen LogP contribution is -2.10. The van der Waals surface area contributed by atoms with E-state index in [1.807, 2.05) is 19.9 Å². The lowest BCUT2D eigenvalue weighted by Gasteiger charge is -2.07. The Kier molecular flexibility index (Phi) is 1.54. The summed E-state index contributed by atoms with van der Waals surface area (Å²) in [6, 6.07) is 2.02. The highest BCUT2D eigenvalue weighted by Crippen LogP contribution is 2.26. The maximum atomic E-state index is 8.56. The maximum absolute atomic E-state index is 8.56. The van der Waals surface area contributed by atoms with Gasteiger partial charge in [-0.15, -0.1) is 0 Å². The molecule has 0 saturated carbocycles. The van der Waals surface area contributed by atoms with E-state index < -0.39 is 0 Å². The molecule has 2 N–H and O–H groups in total. The summed E-state index contributed by atoms with van der Waals surface area (Å²) in [6.45, 7) is 3.84. The van der Waals surface area contributed by atoms with Crippen molar-refractivity contribution in [2.75, 3.05) is 0 Å². The van der Waals surface area contributed by atoms with Crippen LogP contribution in [0.25, 0.3) is 0 Å². The molecule has 0 spiro atoms. The molecule has 0 aromatic rings. The average Bonchev–Trinajstić information content (AvgIpc) is 2.09. The van der Waals surface area contributed by atoms with Crippen LogP contribution in [-0.4, -0.2) is 6.10 Å². The van der Waals surface area contributed by atoms with E-state index in [-0.39, 0.29) is 12.0 Å². The van der Waals surface area contributed by atoms with Crippen molar-refractivity contribution >= 4 is 0 Å². The Balaban J connectivity index is 2.88. The van der Waals surface area contributed by atoms with Gasteiger partial charge in [0, 0.05) is 5.92 Å². The Morgan fingerprint density at radius 1 is 1.60 bits per heavy atom. The molecular weight excluding hydrogens is 128 g/mol. The standard InChI is InChI=1S/C7H10N2O/c1-4-5(2)10-7(9)6(4)3-8/h4-5H,9H2,1-2H3/t4-,5-/m1/s1. The molecule has 0 aliphatic carbocycles. The van der Waals surface area contributed by atoms with Crippen LogP contribution in [0.3, 0.4) is 0 Å². The first-order valence-electron chi connectivity index (χ1n) is 3.23. The molecule has 0 fully saturated rings. The predicted octanol–water partition coefficient (Wildman–Crippen LogP) is 0.735. The Labute approximate surface area is 60.1 Å². The van der Waals surface area contributed by atoms with E-state index in [1.54, 1.807) is 0 Å². The molecule has 1 aliphatic rings. The van der Waals surface area contributed by atoms with Gasteiger partial charge in [-0.3, -0.25) is 0 Å². The summed E-state index contributed by atoms with van der Waals surface area (Å²) in [7, 11) is 0. The van der Waals surface area contributed by atoms with Crippen LogP contribution >= 0.6 is 0 Å². The zero-order valence-electron chi connectivity index (χ0n) is 6.09. The van der Waals surface area contributed by atoms with E-state index >= 15 is 0 Å². The van der Waals surface area contributed by atoms with E-state index in [1.165, 1.54) is 0 Å². The summed E-state index contributed by atoms with van der Waals surface area (Å²) >= 11 is 0. The fraction of sp³-hybridized carbons (Fsp3) is 0.571. The van der Waals surface area contributed by atoms with Gasteiger partial charge in [-0.25, -0.2) is 0 Å². The number of nitriles is 1. The van der Waals surface area contributed by atoms with Crippen molar-refractivity contribution in [3.05, 3.63) is 11.5 Å². The predicted molar refractivity (Wildman–Crippen MR) is 36.5 cm³/mol. The summed E-state index contributed by atoms with van der Waals surface area (Å²) in [5.74, 6) is 0.438. The molecule has 0 unspecified atom stereocenters. The molecule has 1 aliphatic heterocycles. The van der Waals surface area contributed by atoms with Crippen LogP contribution in [0.4, 0.5) is 0 Å². The van der Waals surface area contributed by atoms with Crippen molar-refractivity contribution in [1.82, 2.24) is 0 Å². The molecule has 0 bridgehead atoms. The molecule has 10 heavy (non-hydrogen) atoms. The van der Waals surface area contributed by atoms with Crippen LogP contribution in [-0.2, 0) is 4.74 Å². The van der Waals surface area contributed by atoms with Crippen LogP contribution in [0, 0.1) is 17.2 Å². The van der Waals surface area contributed by atoms with Crippen LogP contribution in [0.2, 0.25) is 0 Å². The lowest BCUT2D eigenvalue weighted by atomic mass is 10.0. The fourth-order valence-electron chi connectivity index (χ4n) is 0.982. The first kappa shape index (κ1) is 6.94. The Morgan fingerprint density at radius 2 is 2.20 bits per heavy atom. The van der Waals surface area contributed by atoms with E-state index in [2.05, 4.69) is 0 Å². The number of nitrogens with zero attached hydrogens (tertiary/aromatic N) is 1. The van der Waals surface area contributed by atoms with Gasteiger partial charge in [-0.2, -0.15) is 5.26 Å². The summed E-state index contributed by atoms with van der Waals surface area (Å²) in [5.41, 5.74) is 5.98. The van der Waals surface area contributed by atoms with E-state index in [0.717, 1.165) is 0 Å². The van der Waals surface area contributed by atoms with Crippen LogP contribution in [0.5, 0.6) is 0 Å². The van der Waals surface area contributed by atoms with Crippen LogP contribution < -0.4 is 5.73 Å². The topological polar surface area (TPSA) is 59.0 Å². The van der Waals surface area contributed by atoms with Crippen molar-refractivity contribution in [2.24, 2.45) is 11.7 Å². The zero-order chi connectivity index (χ0) is 7.72. The number of hydrogen-bond donors (Lipinski definition) is 1. The highest BCUT2D eigenvalue weighted by molar-refractivity contribution is 5.29. The zero-order valence-corrected chi connectivity index (χ0v) is 6.09. The van der Waals surface area contributed by atoms with Gasteiger partial charge in [0.15, 0.2) is 5.88 Å². The van der Waals surface area contributed by atoms with Crippen molar-refractivity contribution in [3.63, 3.8) is 0 Å². The Hall–Kier alpha value is -1.17. The second-order valence-electron chi connectivity index (χ2n) is 2.50. The normalized spacial score (nSPS) is 31.7. The van der Waals surface area contributed by atoms with Gasteiger partial charge < -0.3 is 10.5 Å². The summed E-state index contributed by atoms with van der Waals surface area (Å²) in [6.07, 6.45) is 0.0506. The average molecular weight is 138 g/mol. The molecule has 3 nitrogen and oxygen atoms in total. The van der Waals surface area contributed by atoms with Gasteiger partial charge >= 0.3 is 0 Å². The van der Waals surface area contributed by atoms with Crippen molar-refractivity contribution in [2.45, 2.75) is 20.0 Å². The summed E-state index contributed by atoms with van der Waals surface area (Å²) in [4.78, 5) is 0. The third-order valence-electron chi connectivity index (χ3n) is 1.86. The van der Waals surface area contributed by atoms with Gasteiger partial charge in [0.2, 0.25) is 0 Å². The van der Waals surface area contributed by atoms with Crippen molar-refractivity contribution in [3.8, 4) is 6.07 Å². The lowest BCUT2D eigenvalue weighted by molar-refractivity contribution is 0.132. The van der Waals surface area contributed by atoms with Crippen LogP contribution in [0.15, 0.2) is 11.5 Å². The SMILES string of the molecule is C[C@H]1OC(N)=C(C#N)[C@@H]1C. The molecule has 0 aromatic carbocycles. The summed E-state index contributed by atoms with van der Waals surface area (Å²) < 4.78 is 5.11. The first-order chi connectivity index (χ1) is 4.66. The van der Waals surface area contributed by atoms with Gasteiger partial charge in [0.1, 0.15) is 12.2 Å². The molecule has 2 atom stereocenters. The second kappa shape index (κ2) is 2.22. The number of nitrogens with two attached hydrogens (primary N) is 1. The highest BCUT2D eigenvalue weighted by Gasteiger charge is 2.28. The number of ether oxygens (including phenoxy) is 1. The smallest absolute Gasteiger partial charge is 0.198 e. The monoisotopic (exact) mass is 138 g/mol. The van der Waals surface area contributed by atoms with Gasteiger partial charge in [0.05, 0.1) is 5.57 Å². The molecule has 0 radical (unpaired) electrons. The minimum atomic E-state index is 0.0506. The second-order valence-corrected chi connectivity index (χ2v) is 2.50. The molecule has 0 amide bonds. The largest absolute Gasteiger partial charge is 0.475 e. The van der Waals surface area contributed by atoms with Gasteiger partial charge in [0.25, 0.3) is 0 Å². The molecular formula is C7H10N2O. The molecule has 54 valence electrons. The minimum Gasteiger partial charge on any atom is -0.475 e. The van der Waals surface area contributed by atoms with Crippen molar-refractivity contribution < 1.29 is 4.74 Å². The Morgan fingerprint density at radius 3 is 2.40 bits per heavy atom. The van der Waals surface area contributed by atoms with Crippen molar-refractivity contribution in [1.29, 1.82) is 5.26 Å². The minimum absolute atomic E-state index is 0.0506. The quantitative estimate of drug-likeness (QED) is 0.537. The van der Waals surface area contributed by atoms with Crippen LogP contribution in [0.1, 0.15) is 13.8 Å². The van der Waals surface area contributed by atoms with E-state index in [0.29, 0.717) is 11.5 Å². The molecule has 0 aromatic heterocycles. The molecule has 1 rings (SSSR count). The number of rotatable bonds is 0. The highest BCUT2D eigenvalue weighted by atomic mass is 16.5. The number of hydrogen-bond acceptors (Lipinski definition) is 3. The van der Waals surface area contributed by atoms with E-state index in [4.69, 9.17) is 15.7 Å². The fourth-order valence-corrected chi connectivity index (χ4v) is 0.982.